The zero-order chi connectivity index (χ0) is 22.4. The summed E-state index contributed by atoms with van der Waals surface area (Å²) in [6.07, 6.45) is 9.39. The van der Waals surface area contributed by atoms with Gasteiger partial charge in [-0.3, -0.25) is 14.6 Å². The summed E-state index contributed by atoms with van der Waals surface area (Å²) in [6, 6.07) is 0. The van der Waals surface area contributed by atoms with Crippen molar-refractivity contribution < 1.29 is 9.59 Å². The highest BCUT2D eigenvalue weighted by Crippen LogP contribution is 2.39. The van der Waals surface area contributed by atoms with Crippen LogP contribution in [0.3, 0.4) is 0 Å². The second-order valence-corrected chi connectivity index (χ2v) is 11.1. The van der Waals surface area contributed by atoms with Gasteiger partial charge in [0.05, 0.1) is 5.71 Å². The third-order valence-electron chi connectivity index (χ3n) is 5.16. The highest BCUT2D eigenvalue weighted by atomic mass is 16.1. The molecule has 0 aromatic rings. The van der Waals surface area contributed by atoms with Crippen LogP contribution in [0.25, 0.3) is 0 Å². The number of allylic oxidation sites excluding steroid dienone is 9. The fourth-order valence-electron chi connectivity index (χ4n) is 3.38. The summed E-state index contributed by atoms with van der Waals surface area (Å²) < 4.78 is 0. The van der Waals surface area contributed by atoms with Crippen molar-refractivity contribution >= 4 is 17.3 Å². The van der Waals surface area contributed by atoms with Crippen LogP contribution < -0.4 is 0 Å². The zero-order valence-electron chi connectivity index (χ0n) is 19.7. The van der Waals surface area contributed by atoms with Crippen LogP contribution in [0.15, 0.2) is 63.4 Å². The smallest absolute Gasteiger partial charge is 0.186 e. The number of hydrogen-bond acceptors (Lipinski definition) is 3. The first-order valence-electron chi connectivity index (χ1n) is 10.2. The van der Waals surface area contributed by atoms with E-state index in [4.69, 9.17) is 0 Å². The van der Waals surface area contributed by atoms with Gasteiger partial charge in [-0.15, -0.1) is 0 Å². The lowest BCUT2D eigenvalue weighted by Crippen LogP contribution is -2.27. The van der Waals surface area contributed by atoms with E-state index in [0.717, 1.165) is 28.0 Å². The number of rotatable bonds is 1. The molecule has 0 unspecified atom stereocenters. The molecule has 0 aromatic heterocycles. The average Bonchev–Trinajstić information content (AvgIpc) is 2.53. The predicted octanol–water partition coefficient (Wildman–Crippen LogP) is 6.34. The lowest BCUT2D eigenvalue weighted by atomic mass is 9.72. The van der Waals surface area contributed by atoms with Crippen LogP contribution in [0.1, 0.15) is 69.2 Å². The predicted molar refractivity (Wildman–Crippen MR) is 122 cm³/mol. The largest absolute Gasteiger partial charge is 0.289 e. The molecule has 0 heterocycles. The monoisotopic (exact) mass is 393 g/mol. The standard InChI is InChI=1S/C26H35NO2/c1-16-11-18(14-21(22(16)28)26(8,9)10)27-15-17-12-19(24(2,3)4)23(29)20(13-17)25(5,6)7/h11-15H,1-10H3. The molecule has 3 nitrogen and oxygen atoms in total. The summed E-state index contributed by atoms with van der Waals surface area (Å²) in [5, 5.41) is 0. The fraction of sp³-hybridized carbons (Fsp3) is 0.500. The Morgan fingerprint density at radius 1 is 0.655 bits per heavy atom. The van der Waals surface area contributed by atoms with Crippen molar-refractivity contribution in [3.63, 3.8) is 0 Å². The van der Waals surface area contributed by atoms with Crippen LogP contribution >= 0.6 is 0 Å². The molecule has 0 bridgehead atoms. The summed E-state index contributed by atoms with van der Waals surface area (Å²) >= 11 is 0. The molecule has 2 rings (SSSR count). The topological polar surface area (TPSA) is 46.5 Å². The first kappa shape index (κ1) is 23.0. The van der Waals surface area contributed by atoms with E-state index in [1.54, 1.807) is 6.20 Å². The highest BCUT2D eigenvalue weighted by molar-refractivity contribution is 6.22. The fourth-order valence-corrected chi connectivity index (χ4v) is 3.38. The molecule has 2 aliphatic carbocycles. The molecule has 0 aliphatic heterocycles. The van der Waals surface area contributed by atoms with Gasteiger partial charge < -0.3 is 0 Å². The van der Waals surface area contributed by atoms with Gasteiger partial charge >= 0.3 is 0 Å². The maximum absolute atomic E-state index is 13.0. The maximum Gasteiger partial charge on any atom is 0.186 e. The van der Waals surface area contributed by atoms with Crippen LogP contribution in [-0.2, 0) is 9.59 Å². The van der Waals surface area contributed by atoms with E-state index in [1.165, 1.54) is 0 Å². The van der Waals surface area contributed by atoms with Crippen molar-refractivity contribution in [2.75, 3.05) is 0 Å². The average molecular weight is 394 g/mol. The second-order valence-electron chi connectivity index (χ2n) is 11.1. The van der Waals surface area contributed by atoms with Crippen LogP contribution in [-0.4, -0.2) is 17.3 Å². The molecule has 3 heteroatoms. The van der Waals surface area contributed by atoms with Gasteiger partial charge in [0.25, 0.3) is 0 Å². The van der Waals surface area contributed by atoms with E-state index in [0.29, 0.717) is 5.57 Å². The van der Waals surface area contributed by atoms with E-state index >= 15 is 0 Å². The third-order valence-corrected chi connectivity index (χ3v) is 5.16. The number of ketones is 2. The van der Waals surface area contributed by atoms with E-state index in [1.807, 2.05) is 52.0 Å². The summed E-state index contributed by atoms with van der Waals surface area (Å²) in [5.74, 6) is 0.195. The Balaban J connectivity index is 2.58. The van der Waals surface area contributed by atoms with Gasteiger partial charge in [-0.25, -0.2) is 0 Å². The first-order valence-corrected chi connectivity index (χ1v) is 10.2. The normalized spacial score (nSPS) is 20.3. The molecule has 29 heavy (non-hydrogen) atoms. The molecule has 0 saturated heterocycles. The van der Waals surface area contributed by atoms with Crippen molar-refractivity contribution in [3.8, 4) is 0 Å². The molecular weight excluding hydrogens is 358 g/mol. The van der Waals surface area contributed by atoms with Gasteiger partial charge in [0.1, 0.15) is 0 Å². The van der Waals surface area contributed by atoms with Crippen molar-refractivity contribution in [2.24, 2.45) is 21.2 Å². The molecule has 0 N–H and O–H groups in total. The molecule has 0 saturated carbocycles. The van der Waals surface area contributed by atoms with Crippen molar-refractivity contribution in [2.45, 2.75) is 69.2 Å². The Labute approximate surface area is 176 Å². The van der Waals surface area contributed by atoms with Crippen molar-refractivity contribution in [1.29, 1.82) is 0 Å². The minimum atomic E-state index is -0.249. The van der Waals surface area contributed by atoms with Gasteiger partial charge in [-0.1, -0.05) is 62.3 Å². The maximum atomic E-state index is 13.0. The number of aliphatic imine (C=N–C) groups is 1. The molecule has 156 valence electrons. The van der Waals surface area contributed by atoms with E-state index in [9.17, 15) is 9.59 Å². The summed E-state index contributed by atoms with van der Waals surface area (Å²) in [6.45, 7) is 20.3. The third kappa shape index (κ3) is 5.20. The van der Waals surface area contributed by atoms with E-state index in [2.05, 4.69) is 46.5 Å². The van der Waals surface area contributed by atoms with Crippen molar-refractivity contribution in [1.82, 2.24) is 0 Å². The Morgan fingerprint density at radius 2 is 1.07 bits per heavy atom. The Hall–Kier alpha value is -2.29. The van der Waals surface area contributed by atoms with Gasteiger partial charge in [0.15, 0.2) is 11.6 Å². The summed E-state index contributed by atoms with van der Waals surface area (Å²) in [7, 11) is 0. The minimum absolute atomic E-state index is 0.0807. The molecule has 0 aromatic carbocycles. The number of carbonyl (C=O) groups excluding carboxylic acids is 2. The Kier molecular flexibility index (Phi) is 5.96. The Bertz CT molecular complexity index is 889. The molecule has 0 fully saturated rings. The van der Waals surface area contributed by atoms with Gasteiger partial charge in [-0.2, -0.15) is 0 Å². The highest BCUT2D eigenvalue weighted by Gasteiger charge is 2.34. The van der Waals surface area contributed by atoms with Crippen LogP contribution in [0, 0.1) is 16.2 Å². The zero-order valence-corrected chi connectivity index (χ0v) is 19.7. The quantitative estimate of drug-likeness (QED) is 0.488. The van der Waals surface area contributed by atoms with Gasteiger partial charge in [0, 0.05) is 22.9 Å². The minimum Gasteiger partial charge on any atom is -0.289 e. The van der Waals surface area contributed by atoms with Gasteiger partial charge in [-0.05, 0) is 58.6 Å². The number of carbonyl (C=O) groups is 2. The summed E-state index contributed by atoms with van der Waals surface area (Å²) in [4.78, 5) is 30.2. The Morgan fingerprint density at radius 3 is 1.48 bits per heavy atom. The van der Waals surface area contributed by atoms with E-state index < -0.39 is 0 Å². The summed E-state index contributed by atoms with van der Waals surface area (Å²) in [5.41, 5.74) is 3.99. The lowest BCUT2D eigenvalue weighted by Gasteiger charge is -2.31. The van der Waals surface area contributed by atoms with E-state index in [-0.39, 0.29) is 27.8 Å². The van der Waals surface area contributed by atoms with Crippen LogP contribution in [0.4, 0.5) is 0 Å². The molecule has 0 amide bonds. The molecular formula is C26H35NO2. The number of hydrogen-bond donors (Lipinski definition) is 0. The SMILES string of the molecule is CC1=CC(=NC=C2C=C(C(C)(C)C)C(=O)C(C(C)(C)C)=C2)C=C(C(C)(C)C)C1=O. The van der Waals surface area contributed by atoms with Crippen LogP contribution in [0.5, 0.6) is 0 Å². The van der Waals surface area contributed by atoms with Crippen LogP contribution in [0.2, 0.25) is 0 Å². The first-order chi connectivity index (χ1) is 13.0. The number of Topliss-reactive ketones (excluding diaryl/α,β-unsaturated/α-hetero) is 2. The lowest BCUT2D eigenvalue weighted by molar-refractivity contribution is -0.114. The molecule has 0 radical (unpaired) electrons. The number of nitrogens with zero attached hydrogens (tertiary/aromatic N) is 1. The second kappa shape index (κ2) is 7.51. The molecule has 0 spiro atoms. The molecule has 0 atom stereocenters. The molecule has 2 aliphatic rings. The van der Waals surface area contributed by atoms with Crippen molar-refractivity contribution in [3.05, 3.63) is 58.4 Å². The van der Waals surface area contributed by atoms with Gasteiger partial charge in [0.2, 0.25) is 0 Å².